The maximum Gasteiger partial charge on any atom is 0.140 e. The topological polar surface area (TPSA) is 30.3 Å². The smallest absolute Gasteiger partial charge is 0.140 e. The number of unbranched alkanes of at least 4 members (excludes halogenated alkanes) is 1. The summed E-state index contributed by atoms with van der Waals surface area (Å²) in [7, 11) is 0. The van der Waals surface area contributed by atoms with E-state index in [9.17, 15) is 0 Å². The Balaban J connectivity index is 1.58. The van der Waals surface area contributed by atoms with E-state index >= 15 is 0 Å². The second kappa shape index (κ2) is 13.6. The van der Waals surface area contributed by atoms with Crippen LogP contribution in [-0.4, -0.2) is 21.1 Å². The lowest BCUT2D eigenvalue weighted by Crippen LogP contribution is -2.24. The van der Waals surface area contributed by atoms with Gasteiger partial charge in [0.15, 0.2) is 0 Å². The van der Waals surface area contributed by atoms with Gasteiger partial charge in [-0.25, -0.2) is 4.98 Å². The fourth-order valence-corrected chi connectivity index (χ4v) is 5.89. The zero-order chi connectivity index (χ0) is 27.7. The predicted octanol–water partition coefficient (Wildman–Crippen LogP) is 8.99. The lowest BCUT2D eigenvalue weighted by molar-refractivity contribution is 0.240. The molecule has 0 atom stereocenters. The van der Waals surface area contributed by atoms with Crippen LogP contribution >= 0.6 is 11.3 Å². The largest absolute Gasteiger partial charge is 0.494 e. The van der Waals surface area contributed by atoms with Crippen molar-refractivity contribution in [2.45, 2.75) is 59.8 Å². The number of thiophene rings is 1. The second-order valence-electron chi connectivity index (χ2n) is 10.3. The van der Waals surface area contributed by atoms with Gasteiger partial charge in [0.1, 0.15) is 11.6 Å². The molecule has 5 aromatic rings. The summed E-state index contributed by atoms with van der Waals surface area (Å²) < 4.78 is 8.31. The molecule has 0 amide bonds. The lowest BCUT2D eigenvalue weighted by Gasteiger charge is -2.25. The van der Waals surface area contributed by atoms with Gasteiger partial charge in [0, 0.05) is 42.7 Å². The maximum absolute atomic E-state index is 5.83. The molecule has 4 nitrogen and oxygen atoms in total. The van der Waals surface area contributed by atoms with Crippen LogP contribution in [0.4, 0.5) is 0 Å². The fourth-order valence-electron chi connectivity index (χ4n) is 5.25. The van der Waals surface area contributed by atoms with E-state index in [4.69, 9.17) is 9.72 Å². The van der Waals surface area contributed by atoms with Gasteiger partial charge >= 0.3 is 0 Å². The Kier molecular flexibility index (Phi) is 9.48. The van der Waals surface area contributed by atoms with Crippen molar-refractivity contribution in [2.75, 3.05) is 6.61 Å². The van der Waals surface area contributed by atoms with Gasteiger partial charge in [-0.15, -0.1) is 0 Å². The summed E-state index contributed by atoms with van der Waals surface area (Å²) in [6.45, 7) is 10.5. The first-order chi connectivity index (χ1) is 19.6. The molecule has 0 radical (unpaired) electrons. The van der Waals surface area contributed by atoms with E-state index in [0.717, 1.165) is 61.9 Å². The van der Waals surface area contributed by atoms with Gasteiger partial charge in [0.05, 0.1) is 18.0 Å². The first-order valence-corrected chi connectivity index (χ1v) is 15.3. The molecule has 0 spiro atoms. The molecular formula is C35H39N3OS. The predicted molar refractivity (Wildman–Crippen MR) is 168 cm³/mol. The van der Waals surface area contributed by atoms with Crippen LogP contribution in [0.15, 0.2) is 95.7 Å². The summed E-state index contributed by atoms with van der Waals surface area (Å²) in [6.07, 6.45) is 2.25. The summed E-state index contributed by atoms with van der Waals surface area (Å²) in [5.74, 6) is 1.98. The van der Waals surface area contributed by atoms with E-state index in [-0.39, 0.29) is 0 Å². The Morgan fingerprint density at radius 2 is 1.60 bits per heavy atom. The summed E-state index contributed by atoms with van der Waals surface area (Å²) in [5, 5.41) is 4.37. The highest BCUT2D eigenvalue weighted by Gasteiger charge is 2.22. The van der Waals surface area contributed by atoms with Crippen molar-refractivity contribution in [1.82, 2.24) is 14.5 Å². The van der Waals surface area contributed by atoms with Gasteiger partial charge in [-0.2, -0.15) is 11.3 Å². The minimum Gasteiger partial charge on any atom is -0.494 e. The lowest BCUT2D eigenvalue weighted by atomic mass is 10.1. The molecule has 3 aromatic carbocycles. The maximum atomic E-state index is 5.83. The molecule has 0 bridgehead atoms. The zero-order valence-corrected chi connectivity index (χ0v) is 24.7. The van der Waals surface area contributed by atoms with Crippen molar-refractivity contribution in [1.29, 1.82) is 0 Å². The number of hydrogen-bond acceptors (Lipinski definition) is 4. The first kappa shape index (κ1) is 27.9. The first-order valence-electron chi connectivity index (χ1n) is 14.3. The molecule has 2 heterocycles. The number of ether oxygens (including phenoxy) is 1. The van der Waals surface area contributed by atoms with E-state index < -0.39 is 0 Å². The third kappa shape index (κ3) is 6.90. The summed E-state index contributed by atoms with van der Waals surface area (Å²) in [5.41, 5.74) is 8.58. The fraction of sp³-hybridized carbons (Fsp3) is 0.286. The Morgan fingerprint density at radius 3 is 2.30 bits per heavy atom. The molecule has 0 unspecified atom stereocenters. The number of hydrogen-bond donors (Lipinski definition) is 0. The molecule has 5 heteroatoms. The zero-order valence-electron chi connectivity index (χ0n) is 23.8. The van der Waals surface area contributed by atoms with Gasteiger partial charge in [-0.05, 0) is 55.0 Å². The van der Waals surface area contributed by atoms with Crippen LogP contribution in [0.25, 0.3) is 22.6 Å². The van der Waals surface area contributed by atoms with Crippen LogP contribution in [0.3, 0.4) is 0 Å². The van der Waals surface area contributed by atoms with Crippen LogP contribution in [0.1, 0.15) is 49.1 Å². The quantitative estimate of drug-likeness (QED) is 0.147. The van der Waals surface area contributed by atoms with Crippen molar-refractivity contribution in [3.05, 3.63) is 118 Å². The SMILES string of the molecule is CCCCn1c(-c2ccccc2)nc(-c2ccsc2)c1CN(Cc1cccc(C)c1)Cc1cccc(OCC)c1. The van der Waals surface area contributed by atoms with Crippen molar-refractivity contribution < 1.29 is 4.74 Å². The molecule has 206 valence electrons. The summed E-state index contributed by atoms with van der Waals surface area (Å²) >= 11 is 1.73. The Bertz CT molecular complexity index is 1490. The Hall–Kier alpha value is -3.67. The third-order valence-electron chi connectivity index (χ3n) is 7.11. The Labute approximate surface area is 242 Å². The minimum absolute atomic E-state index is 0.666. The van der Waals surface area contributed by atoms with Crippen molar-refractivity contribution >= 4 is 11.3 Å². The Morgan fingerprint density at radius 1 is 0.825 bits per heavy atom. The van der Waals surface area contributed by atoms with Crippen LogP contribution in [-0.2, 0) is 26.2 Å². The number of aryl methyl sites for hydroxylation is 1. The summed E-state index contributed by atoms with van der Waals surface area (Å²) in [4.78, 5) is 7.86. The number of imidazole rings is 1. The van der Waals surface area contributed by atoms with E-state index in [2.05, 4.69) is 113 Å². The monoisotopic (exact) mass is 549 g/mol. The van der Waals surface area contributed by atoms with Gasteiger partial charge in [-0.1, -0.05) is 85.6 Å². The highest BCUT2D eigenvalue weighted by molar-refractivity contribution is 7.08. The van der Waals surface area contributed by atoms with Crippen LogP contribution in [0.5, 0.6) is 5.75 Å². The number of benzene rings is 3. The van der Waals surface area contributed by atoms with E-state index in [1.165, 1.54) is 27.9 Å². The van der Waals surface area contributed by atoms with Gasteiger partial charge in [0.2, 0.25) is 0 Å². The molecule has 0 saturated heterocycles. The molecule has 0 saturated carbocycles. The molecule has 5 rings (SSSR count). The number of aromatic nitrogens is 2. The molecule has 0 aliphatic carbocycles. The standard InChI is InChI=1S/C35H39N3OS/c1-4-6-19-38-33(34(31-18-20-40-26-31)36-35(38)30-15-8-7-9-16-30)25-37(23-28-13-10-12-27(3)21-28)24-29-14-11-17-32(22-29)39-5-2/h7-18,20-22,26H,4-6,19,23-25H2,1-3H3. The molecular weight excluding hydrogens is 510 g/mol. The molecule has 2 aromatic heterocycles. The van der Waals surface area contributed by atoms with Gasteiger partial charge in [-0.3, -0.25) is 4.90 Å². The minimum atomic E-state index is 0.666. The van der Waals surface area contributed by atoms with Crippen molar-refractivity contribution in [3.8, 4) is 28.4 Å². The van der Waals surface area contributed by atoms with Crippen molar-refractivity contribution in [2.24, 2.45) is 0 Å². The molecule has 40 heavy (non-hydrogen) atoms. The molecule has 0 aliphatic rings. The molecule has 0 N–H and O–H groups in total. The normalized spacial score (nSPS) is 11.3. The van der Waals surface area contributed by atoms with E-state index in [1.807, 2.05) is 13.0 Å². The summed E-state index contributed by atoms with van der Waals surface area (Å²) in [6, 6.07) is 30.2. The molecule has 0 aliphatic heterocycles. The van der Waals surface area contributed by atoms with Crippen LogP contribution < -0.4 is 4.74 Å². The second-order valence-corrected chi connectivity index (χ2v) is 11.1. The average molecular weight is 550 g/mol. The molecule has 0 fully saturated rings. The van der Waals surface area contributed by atoms with Gasteiger partial charge < -0.3 is 9.30 Å². The highest BCUT2D eigenvalue weighted by atomic mass is 32.1. The van der Waals surface area contributed by atoms with Crippen molar-refractivity contribution in [3.63, 3.8) is 0 Å². The number of nitrogens with zero attached hydrogens (tertiary/aromatic N) is 3. The highest BCUT2D eigenvalue weighted by Crippen LogP contribution is 2.33. The van der Waals surface area contributed by atoms with Crippen LogP contribution in [0.2, 0.25) is 0 Å². The third-order valence-corrected chi connectivity index (χ3v) is 7.80. The van der Waals surface area contributed by atoms with E-state index in [1.54, 1.807) is 11.3 Å². The number of rotatable bonds is 13. The van der Waals surface area contributed by atoms with E-state index in [0.29, 0.717) is 6.61 Å². The van der Waals surface area contributed by atoms with Crippen LogP contribution in [0, 0.1) is 6.92 Å². The van der Waals surface area contributed by atoms with Gasteiger partial charge in [0.25, 0.3) is 0 Å². The average Bonchev–Trinajstić information content (AvgIpc) is 3.61.